The summed E-state index contributed by atoms with van der Waals surface area (Å²) in [7, 11) is -6.86. The fourth-order valence-corrected chi connectivity index (χ4v) is 8.65. The second-order valence-electron chi connectivity index (χ2n) is 12.8. The van der Waals surface area contributed by atoms with Crippen LogP contribution in [-0.4, -0.2) is 77.7 Å². The molecule has 2 saturated heterocycles. The van der Waals surface area contributed by atoms with Crippen LogP contribution in [0.3, 0.4) is 0 Å². The van der Waals surface area contributed by atoms with Crippen LogP contribution in [0.15, 0.2) is 88.9 Å². The summed E-state index contributed by atoms with van der Waals surface area (Å²) in [5, 5.41) is 10.8. The quantitative estimate of drug-likeness (QED) is 0.232. The van der Waals surface area contributed by atoms with Crippen molar-refractivity contribution in [1.82, 2.24) is 9.88 Å². The summed E-state index contributed by atoms with van der Waals surface area (Å²) < 4.78 is 55.5. The third-order valence-electron chi connectivity index (χ3n) is 9.40. The number of nitriles is 1. The van der Waals surface area contributed by atoms with Gasteiger partial charge in [-0.05, 0) is 86.7 Å². The smallest absolute Gasteiger partial charge is 0.206 e. The summed E-state index contributed by atoms with van der Waals surface area (Å²) in [6.45, 7) is 6.68. The van der Waals surface area contributed by atoms with Gasteiger partial charge in [0.15, 0.2) is 9.84 Å². The number of hydrogen-bond acceptors (Lipinski definition) is 9. The van der Waals surface area contributed by atoms with Crippen LogP contribution < -0.4 is 4.90 Å². The summed E-state index contributed by atoms with van der Waals surface area (Å²) in [4.78, 5) is 9.20. The predicted octanol–water partition coefficient (Wildman–Crippen LogP) is 5.10. The molecule has 11 heteroatoms. The molecule has 0 amide bonds. The van der Waals surface area contributed by atoms with Crippen LogP contribution in [0.1, 0.15) is 44.6 Å². The van der Waals surface area contributed by atoms with E-state index in [-0.39, 0.29) is 27.8 Å². The number of hydrogen-bond donors (Lipinski definition) is 0. The fourth-order valence-electron chi connectivity index (χ4n) is 6.96. The highest BCUT2D eigenvalue weighted by atomic mass is 32.2. The molecule has 2 aromatic carbocycles. The molecule has 246 valence electrons. The van der Waals surface area contributed by atoms with Gasteiger partial charge in [0, 0.05) is 49.9 Å². The summed E-state index contributed by atoms with van der Waals surface area (Å²) in [5.74, 6) is 0.321. The largest absolute Gasteiger partial charge is 0.371 e. The van der Waals surface area contributed by atoms with Gasteiger partial charge in [-0.1, -0.05) is 43.7 Å². The number of likely N-dealkylation sites (tertiary alicyclic amines) is 1. The molecule has 0 spiro atoms. The standard InChI is InChI=1S/C35H44N4O5S2/c1-3-7-32(44-27-45(2,40)41)22-35(26-36,29-8-5-4-6-9-29)30-16-20-38(21-17-30)23-28-24-39(25-28)31-10-12-33(13-11-31)46(42,43)34-14-18-37-19-15-34/h4-6,8-15,18-19,28,30,32H,3,7,16-17,20-25,27H2,1-2H3/t32-,35?/m0/s1. The normalized spacial score (nSPS) is 18.8. The van der Waals surface area contributed by atoms with Crippen LogP contribution in [-0.2, 0) is 29.8 Å². The zero-order valence-electron chi connectivity index (χ0n) is 26.7. The van der Waals surface area contributed by atoms with E-state index in [4.69, 9.17) is 4.74 Å². The van der Waals surface area contributed by atoms with Crippen LogP contribution in [0.25, 0.3) is 0 Å². The minimum atomic E-state index is -3.57. The average Bonchev–Trinajstić information content (AvgIpc) is 3.05. The van der Waals surface area contributed by atoms with Crippen LogP contribution in [0.5, 0.6) is 0 Å². The lowest BCUT2D eigenvalue weighted by molar-refractivity contribution is 0.0393. The number of piperidine rings is 1. The van der Waals surface area contributed by atoms with E-state index in [2.05, 4.69) is 27.8 Å². The Morgan fingerprint density at radius 1 is 0.957 bits per heavy atom. The van der Waals surface area contributed by atoms with E-state index in [0.717, 1.165) is 63.2 Å². The number of sulfone groups is 2. The minimum absolute atomic E-state index is 0.136. The molecule has 5 rings (SSSR count). The molecule has 1 unspecified atom stereocenters. The van der Waals surface area contributed by atoms with Crippen molar-refractivity contribution in [2.45, 2.75) is 60.3 Å². The van der Waals surface area contributed by atoms with Gasteiger partial charge in [-0.15, -0.1) is 0 Å². The maximum Gasteiger partial charge on any atom is 0.206 e. The topological polar surface area (TPSA) is 121 Å². The highest BCUT2D eigenvalue weighted by molar-refractivity contribution is 7.91. The van der Waals surface area contributed by atoms with Crippen molar-refractivity contribution in [3.63, 3.8) is 0 Å². The Kier molecular flexibility index (Phi) is 10.8. The number of pyridine rings is 1. The van der Waals surface area contributed by atoms with Gasteiger partial charge in [-0.25, -0.2) is 16.8 Å². The molecule has 9 nitrogen and oxygen atoms in total. The molecule has 0 saturated carbocycles. The number of nitrogens with zero attached hydrogens (tertiary/aromatic N) is 4. The molecule has 2 atom stereocenters. The van der Waals surface area contributed by atoms with Crippen molar-refractivity contribution in [2.75, 3.05) is 49.8 Å². The van der Waals surface area contributed by atoms with Crippen molar-refractivity contribution in [1.29, 1.82) is 5.26 Å². The van der Waals surface area contributed by atoms with E-state index >= 15 is 0 Å². The Hall–Kier alpha value is -3.30. The van der Waals surface area contributed by atoms with Gasteiger partial charge in [-0.2, -0.15) is 5.26 Å². The van der Waals surface area contributed by atoms with Crippen LogP contribution >= 0.6 is 0 Å². The van der Waals surface area contributed by atoms with Crippen molar-refractivity contribution in [3.8, 4) is 6.07 Å². The number of rotatable bonds is 14. The second-order valence-corrected chi connectivity index (χ2v) is 16.8. The van der Waals surface area contributed by atoms with E-state index in [1.807, 2.05) is 42.5 Å². The SMILES string of the molecule is CCC[C@@H](CC(C#N)(c1ccccc1)C1CCN(CC2CN(c3ccc(S(=O)(=O)c4ccncc4)cc3)C2)CC1)OCS(C)(=O)=O. The average molecular weight is 665 g/mol. The summed E-state index contributed by atoms with van der Waals surface area (Å²) in [6, 6.07) is 22.8. The molecule has 0 aliphatic carbocycles. The highest BCUT2D eigenvalue weighted by Crippen LogP contribution is 2.43. The molecule has 0 bridgehead atoms. The lowest BCUT2D eigenvalue weighted by atomic mass is 9.64. The first-order chi connectivity index (χ1) is 22.0. The first-order valence-corrected chi connectivity index (χ1v) is 19.6. The maximum absolute atomic E-state index is 12.9. The predicted molar refractivity (Wildman–Crippen MR) is 179 cm³/mol. The van der Waals surface area contributed by atoms with Gasteiger partial charge in [0.25, 0.3) is 0 Å². The Morgan fingerprint density at radius 2 is 1.59 bits per heavy atom. The molecule has 0 radical (unpaired) electrons. The molecule has 3 heterocycles. The molecule has 2 aliphatic heterocycles. The Bertz CT molecular complexity index is 1680. The van der Waals surface area contributed by atoms with Gasteiger partial charge in [0.2, 0.25) is 9.84 Å². The van der Waals surface area contributed by atoms with E-state index in [1.165, 1.54) is 30.8 Å². The van der Waals surface area contributed by atoms with Gasteiger partial charge in [0.1, 0.15) is 5.94 Å². The maximum atomic E-state index is 12.9. The number of anilines is 1. The Balaban J connectivity index is 1.18. The lowest BCUT2D eigenvalue weighted by Gasteiger charge is -2.46. The zero-order chi connectivity index (χ0) is 32.8. The molecule has 46 heavy (non-hydrogen) atoms. The van der Waals surface area contributed by atoms with E-state index < -0.39 is 25.1 Å². The summed E-state index contributed by atoms with van der Waals surface area (Å²) in [6.07, 6.45) is 7.61. The molecular formula is C35H44N4O5S2. The number of benzene rings is 2. The fraction of sp³-hybridized carbons (Fsp3) is 0.486. The Labute approximate surface area is 274 Å². The van der Waals surface area contributed by atoms with Crippen molar-refractivity contribution >= 4 is 25.4 Å². The van der Waals surface area contributed by atoms with Crippen molar-refractivity contribution in [2.24, 2.45) is 11.8 Å². The first-order valence-electron chi connectivity index (χ1n) is 16.0. The first kappa shape index (κ1) is 34.0. The third kappa shape index (κ3) is 7.97. The van der Waals surface area contributed by atoms with Crippen molar-refractivity contribution in [3.05, 3.63) is 84.7 Å². The van der Waals surface area contributed by atoms with Gasteiger partial charge < -0.3 is 14.5 Å². The van der Waals surface area contributed by atoms with Crippen molar-refractivity contribution < 1.29 is 21.6 Å². The zero-order valence-corrected chi connectivity index (χ0v) is 28.3. The minimum Gasteiger partial charge on any atom is -0.371 e. The number of ether oxygens (including phenoxy) is 1. The lowest BCUT2D eigenvalue weighted by Crippen LogP contribution is -2.53. The van der Waals surface area contributed by atoms with E-state index in [0.29, 0.717) is 18.8 Å². The molecule has 2 fully saturated rings. The monoisotopic (exact) mass is 664 g/mol. The molecule has 1 aromatic heterocycles. The molecule has 0 N–H and O–H groups in total. The van der Waals surface area contributed by atoms with Crippen LogP contribution in [0.4, 0.5) is 5.69 Å². The van der Waals surface area contributed by atoms with E-state index in [1.54, 1.807) is 12.1 Å². The third-order valence-corrected chi connectivity index (χ3v) is 11.7. The Morgan fingerprint density at radius 3 is 2.17 bits per heavy atom. The summed E-state index contributed by atoms with van der Waals surface area (Å²) >= 11 is 0. The van der Waals surface area contributed by atoms with Crippen LogP contribution in [0.2, 0.25) is 0 Å². The second kappa shape index (κ2) is 14.6. The van der Waals surface area contributed by atoms with Gasteiger partial charge in [0.05, 0.1) is 27.4 Å². The number of aromatic nitrogens is 1. The van der Waals surface area contributed by atoms with Gasteiger partial charge >= 0.3 is 0 Å². The van der Waals surface area contributed by atoms with Gasteiger partial charge in [-0.3, -0.25) is 4.98 Å². The summed E-state index contributed by atoms with van der Waals surface area (Å²) in [5.41, 5.74) is 1.24. The molecular weight excluding hydrogens is 621 g/mol. The van der Waals surface area contributed by atoms with E-state index in [9.17, 15) is 22.1 Å². The molecule has 3 aromatic rings. The highest BCUT2D eigenvalue weighted by Gasteiger charge is 2.44. The molecule has 2 aliphatic rings. The van der Waals surface area contributed by atoms with Crippen LogP contribution in [0, 0.1) is 23.2 Å².